The highest BCUT2D eigenvalue weighted by Gasteiger charge is 2.33. The Balaban J connectivity index is 2.43. The lowest BCUT2D eigenvalue weighted by Gasteiger charge is -2.04. The number of pyridine rings is 1. The first-order valence-corrected chi connectivity index (χ1v) is 4.69. The molecule has 0 aliphatic heterocycles. The molecule has 92 valence electrons. The molecule has 0 bridgehead atoms. The Morgan fingerprint density at radius 2 is 2.12 bits per heavy atom. The fourth-order valence-corrected chi connectivity index (χ4v) is 1.22. The van der Waals surface area contributed by atoms with Crippen LogP contribution in [-0.2, 0) is 6.18 Å². The Bertz CT molecular complexity index is 524. The highest BCUT2D eigenvalue weighted by molar-refractivity contribution is 5.77. The number of fused-ring (bicyclic) bond motifs is 1. The van der Waals surface area contributed by atoms with Crippen molar-refractivity contribution in [3.8, 4) is 5.88 Å². The lowest BCUT2D eigenvalue weighted by Crippen LogP contribution is -2.11. The summed E-state index contributed by atoms with van der Waals surface area (Å²) in [6, 6.07) is 1.97. The Morgan fingerprint density at radius 3 is 2.76 bits per heavy atom. The summed E-state index contributed by atoms with van der Waals surface area (Å²) in [6.07, 6.45) is -4.52. The van der Waals surface area contributed by atoms with Crippen molar-refractivity contribution in [3.05, 3.63) is 17.8 Å². The van der Waals surface area contributed by atoms with Gasteiger partial charge in [0.2, 0.25) is 0 Å². The van der Waals surface area contributed by atoms with Crippen LogP contribution < -0.4 is 10.5 Å². The molecule has 0 atom stereocenters. The summed E-state index contributed by atoms with van der Waals surface area (Å²) >= 11 is 0. The smallest absolute Gasteiger partial charge is 0.433 e. The van der Waals surface area contributed by atoms with Gasteiger partial charge < -0.3 is 15.0 Å². The quantitative estimate of drug-likeness (QED) is 0.891. The lowest BCUT2D eigenvalue weighted by molar-refractivity contribution is -0.140. The van der Waals surface area contributed by atoms with Gasteiger partial charge in [-0.15, -0.1) is 0 Å². The van der Waals surface area contributed by atoms with Crippen LogP contribution in [0, 0.1) is 0 Å². The fraction of sp³-hybridized carbons (Fsp3) is 0.333. The van der Waals surface area contributed by atoms with Gasteiger partial charge in [-0.25, -0.2) is 4.98 Å². The maximum Gasteiger partial charge on any atom is 0.433 e. The Morgan fingerprint density at radius 1 is 1.35 bits per heavy atom. The van der Waals surface area contributed by atoms with E-state index in [1.165, 1.54) is 0 Å². The van der Waals surface area contributed by atoms with Crippen molar-refractivity contribution in [1.82, 2.24) is 10.1 Å². The number of alkyl halides is 3. The van der Waals surface area contributed by atoms with Crippen LogP contribution in [0.1, 0.15) is 5.69 Å². The number of hydrogen-bond acceptors (Lipinski definition) is 5. The van der Waals surface area contributed by atoms with Crippen LogP contribution in [0.3, 0.4) is 0 Å². The zero-order chi connectivity index (χ0) is 12.5. The predicted molar refractivity (Wildman–Crippen MR) is 51.4 cm³/mol. The molecule has 0 radical (unpaired) electrons. The van der Waals surface area contributed by atoms with Gasteiger partial charge in [-0.1, -0.05) is 0 Å². The second-order valence-electron chi connectivity index (χ2n) is 3.17. The van der Waals surface area contributed by atoms with Crippen LogP contribution in [0.2, 0.25) is 0 Å². The summed E-state index contributed by atoms with van der Waals surface area (Å²) in [5.74, 6) is -0.0865. The molecule has 2 rings (SSSR count). The maximum atomic E-state index is 12.4. The molecular formula is C9H8F3N3O2. The van der Waals surface area contributed by atoms with Gasteiger partial charge in [0.1, 0.15) is 12.3 Å². The number of nitrogens with zero attached hydrogens (tertiary/aromatic N) is 2. The first kappa shape index (κ1) is 11.6. The van der Waals surface area contributed by atoms with E-state index in [2.05, 4.69) is 10.1 Å². The number of nitrogens with two attached hydrogens (primary N) is 1. The Labute approximate surface area is 93.3 Å². The molecule has 0 fully saturated rings. The molecule has 8 heteroatoms. The molecule has 0 saturated carbocycles. The SMILES string of the molecule is NCCOc1noc2ccc(C(F)(F)F)nc12. The molecule has 0 unspecified atom stereocenters. The average Bonchev–Trinajstić information content (AvgIpc) is 2.67. The molecule has 0 aromatic carbocycles. The summed E-state index contributed by atoms with van der Waals surface area (Å²) in [4.78, 5) is 3.41. The largest absolute Gasteiger partial charge is 0.473 e. The van der Waals surface area contributed by atoms with E-state index in [0.717, 1.165) is 12.1 Å². The number of ether oxygens (including phenoxy) is 1. The van der Waals surface area contributed by atoms with Gasteiger partial charge in [0.25, 0.3) is 5.88 Å². The summed E-state index contributed by atoms with van der Waals surface area (Å²) in [7, 11) is 0. The molecule has 0 spiro atoms. The topological polar surface area (TPSA) is 74.2 Å². The van der Waals surface area contributed by atoms with Crippen molar-refractivity contribution in [3.63, 3.8) is 0 Å². The third kappa shape index (κ3) is 2.31. The average molecular weight is 247 g/mol. The van der Waals surface area contributed by atoms with Crippen molar-refractivity contribution < 1.29 is 22.4 Å². The van der Waals surface area contributed by atoms with Crippen molar-refractivity contribution in [1.29, 1.82) is 0 Å². The van der Waals surface area contributed by atoms with Crippen molar-refractivity contribution in [2.45, 2.75) is 6.18 Å². The van der Waals surface area contributed by atoms with E-state index in [0.29, 0.717) is 0 Å². The second kappa shape index (κ2) is 4.21. The van der Waals surface area contributed by atoms with Gasteiger partial charge in [0, 0.05) is 6.54 Å². The van der Waals surface area contributed by atoms with Gasteiger partial charge in [-0.05, 0) is 17.3 Å². The van der Waals surface area contributed by atoms with E-state index < -0.39 is 11.9 Å². The highest BCUT2D eigenvalue weighted by Crippen LogP contribution is 2.31. The molecule has 2 aromatic rings. The second-order valence-corrected chi connectivity index (χ2v) is 3.17. The Hall–Kier alpha value is -1.83. The van der Waals surface area contributed by atoms with Gasteiger partial charge >= 0.3 is 6.18 Å². The number of aromatic nitrogens is 2. The number of halogens is 3. The molecule has 5 nitrogen and oxygen atoms in total. The van der Waals surface area contributed by atoms with Crippen LogP contribution >= 0.6 is 0 Å². The van der Waals surface area contributed by atoms with Crippen molar-refractivity contribution in [2.75, 3.05) is 13.2 Å². The van der Waals surface area contributed by atoms with Crippen LogP contribution in [-0.4, -0.2) is 23.3 Å². The molecule has 2 aromatic heterocycles. The van der Waals surface area contributed by atoms with Crippen LogP contribution in [0.15, 0.2) is 16.7 Å². The summed E-state index contributed by atoms with van der Waals surface area (Å²) < 4.78 is 47.1. The molecule has 0 aliphatic rings. The zero-order valence-corrected chi connectivity index (χ0v) is 8.49. The summed E-state index contributed by atoms with van der Waals surface area (Å²) in [6.45, 7) is 0.340. The predicted octanol–water partition coefficient (Wildman–Crippen LogP) is 1.58. The normalized spacial score (nSPS) is 12.0. The van der Waals surface area contributed by atoms with E-state index in [1.807, 2.05) is 0 Å². The van der Waals surface area contributed by atoms with Crippen LogP contribution in [0.5, 0.6) is 5.88 Å². The molecule has 17 heavy (non-hydrogen) atoms. The standard InChI is InChI=1S/C9H8F3N3O2/c10-9(11,12)6-2-1-5-7(14-6)8(15-17-5)16-4-3-13/h1-2H,3-4,13H2. The van der Waals surface area contributed by atoms with Crippen molar-refractivity contribution in [2.24, 2.45) is 5.73 Å². The maximum absolute atomic E-state index is 12.4. The number of rotatable bonds is 3. The minimum absolute atomic E-state index is 0.0618. The summed E-state index contributed by atoms with van der Waals surface area (Å²) in [5.41, 5.74) is 4.25. The van der Waals surface area contributed by atoms with E-state index >= 15 is 0 Å². The first-order chi connectivity index (χ1) is 8.02. The number of hydrogen-bond donors (Lipinski definition) is 1. The monoisotopic (exact) mass is 247 g/mol. The molecule has 2 N–H and O–H groups in total. The van der Waals surface area contributed by atoms with Gasteiger partial charge in [-0.3, -0.25) is 0 Å². The van der Waals surface area contributed by atoms with E-state index in [-0.39, 0.29) is 30.1 Å². The molecular weight excluding hydrogens is 239 g/mol. The fourth-order valence-electron chi connectivity index (χ4n) is 1.22. The Kier molecular flexibility index (Phi) is 2.88. The first-order valence-electron chi connectivity index (χ1n) is 4.69. The summed E-state index contributed by atoms with van der Waals surface area (Å²) in [5, 5.41) is 3.47. The minimum Gasteiger partial charge on any atom is -0.473 e. The minimum atomic E-state index is -4.52. The van der Waals surface area contributed by atoms with Crippen molar-refractivity contribution >= 4 is 11.1 Å². The zero-order valence-electron chi connectivity index (χ0n) is 8.49. The van der Waals surface area contributed by atoms with Gasteiger partial charge in [0.05, 0.1) is 0 Å². The van der Waals surface area contributed by atoms with E-state index in [4.69, 9.17) is 15.0 Å². The molecule has 2 heterocycles. The van der Waals surface area contributed by atoms with E-state index in [9.17, 15) is 13.2 Å². The lowest BCUT2D eigenvalue weighted by atomic mass is 10.3. The third-order valence-corrected chi connectivity index (χ3v) is 1.93. The van der Waals surface area contributed by atoms with E-state index in [1.54, 1.807) is 0 Å². The molecule has 0 aliphatic carbocycles. The molecule has 0 amide bonds. The van der Waals surface area contributed by atoms with Crippen LogP contribution in [0.25, 0.3) is 11.1 Å². The van der Waals surface area contributed by atoms with Crippen LogP contribution in [0.4, 0.5) is 13.2 Å². The van der Waals surface area contributed by atoms with Gasteiger partial charge in [-0.2, -0.15) is 13.2 Å². The molecule has 0 saturated heterocycles. The highest BCUT2D eigenvalue weighted by atomic mass is 19.4. The van der Waals surface area contributed by atoms with Gasteiger partial charge in [0.15, 0.2) is 11.1 Å². The third-order valence-electron chi connectivity index (χ3n) is 1.93.